The van der Waals surface area contributed by atoms with Crippen LogP contribution in [0, 0.1) is 0 Å². The monoisotopic (exact) mass is 341 g/mol. The number of benzene rings is 1. The number of likely N-dealkylation sites (N-methyl/N-ethyl adjacent to an activating group) is 1. The lowest BCUT2D eigenvalue weighted by Gasteiger charge is -2.28. The van der Waals surface area contributed by atoms with E-state index in [-0.39, 0.29) is 11.5 Å². The van der Waals surface area contributed by atoms with Crippen molar-refractivity contribution >= 4 is 27.0 Å². The summed E-state index contributed by atoms with van der Waals surface area (Å²) in [6, 6.07) is 7.66. The Morgan fingerprint density at radius 3 is 2.52 bits per heavy atom. The summed E-state index contributed by atoms with van der Waals surface area (Å²) in [5.74, 6) is -1.06. The van der Waals surface area contributed by atoms with Gasteiger partial charge in [0.15, 0.2) is 0 Å². The Morgan fingerprint density at radius 1 is 1.30 bits per heavy atom. The standard InChI is InChI=1S/C15H20N2O5S/c1-17(2,3)10-12(9-14(18)19)16-23(20,21)15-8-11-6-4-5-7-13(11)22-15/h4-8,12,16H,9-10H2,1-3H3/p+1. The van der Waals surface area contributed by atoms with Crippen LogP contribution in [0.3, 0.4) is 0 Å². The van der Waals surface area contributed by atoms with Crippen molar-refractivity contribution in [1.29, 1.82) is 0 Å². The summed E-state index contributed by atoms with van der Waals surface area (Å²) in [5, 5.41) is 9.46. The molecule has 0 bridgehead atoms. The van der Waals surface area contributed by atoms with Crippen molar-refractivity contribution in [3.8, 4) is 0 Å². The van der Waals surface area contributed by atoms with E-state index >= 15 is 0 Å². The van der Waals surface area contributed by atoms with E-state index in [2.05, 4.69) is 4.72 Å². The molecule has 0 radical (unpaired) electrons. The number of quaternary nitrogens is 1. The van der Waals surface area contributed by atoms with Gasteiger partial charge in [-0.05, 0) is 6.07 Å². The number of nitrogens with zero attached hydrogens (tertiary/aromatic N) is 1. The Bertz CT molecular complexity index is 772. The molecule has 1 unspecified atom stereocenters. The first-order valence-corrected chi connectivity index (χ1v) is 8.58. The number of sulfonamides is 1. The average molecular weight is 341 g/mol. The van der Waals surface area contributed by atoms with Gasteiger partial charge in [-0.25, -0.2) is 8.42 Å². The molecule has 0 saturated heterocycles. The highest BCUT2D eigenvalue weighted by Crippen LogP contribution is 2.22. The minimum absolute atomic E-state index is 0.213. The van der Waals surface area contributed by atoms with Crippen molar-refractivity contribution in [3.63, 3.8) is 0 Å². The van der Waals surface area contributed by atoms with Crippen LogP contribution in [0.4, 0.5) is 0 Å². The van der Waals surface area contributed by atoms with Crippen LogP contribution < -0.4 is 4.72 Å². The molecule has 8 heteroatoms. The molecule has 0 aliphatic carbocycles. The summed E-state index contributed by atoms with van der Waals surface area (Å²) in [4.78, 5) is 11.0. The third-order valence-electron chi connectivity index (χ3n) is 3.18. The summed E-state index contributed by atoms with van der Waals surface area (Å²) in [6.07, 6.45) is -0.297. The van der Waals surface area contributed by atoms with Crippen LogP contribution in [-0.4, -0.2) is 57.7 Å². The van der Waals surface area contributed by atoms with Crippen LogP contribution in [0.1, 0.15) is 6.42 Å². The number of carboxylic acid groups (broad SMARTS) is 1. The number of furan rings is 1. The first-order valence-electron chi connectivity index (χ1n) is 7.10. The number of hydrogen-bond donors (Lipinski definition) is 2. The van der Waals surface area contributed by atoms with Crippen LogP contribution in [0.5, 0.6) is 0 Å². The molecule has 2 N–H and O–H groups in total. The van der Waals surface area contributed by atoms with Crippen molar-refractivity contribution in [2.24, 2.45) is 0 Å². The molecule has 7 nitrogen and oxygen atoms in total. The van der Waals surface area contributed by atoms with E-state index in [1.165, 1.54) is 6.07 Å². The second kappa shape index (κ2) is 6.31. The van der Waals surface area contributed by atoms with E-state index in [1.54, 1.807) is 24.3 Å². The zero-order chi connectivity index (χ0) is 17.3. The SMILES string of the molecule is C[N+](C)(C)CC(CC(=O)O)NS(=O)(=O)c1cc2ccccc2o1. The second-order valence-corrected chi connectivity index (χ2v) is 8.14. The van der Waals surface area contributed by atoms with Crippen molar-refractivity contribution in [2.75, 3.05) is 27.7 Å². The smallest absolute Gasteiger partial charge is 0.305 e. The van der Waals surface area contributed by atoms with Crippen molar-refractivity contribution in [2.45, 2.75) is 17.6 Å². The van der Waals surface area contributed by atoms with Gasteiger partial charge in [-0.3, -0.25) is 4.79 Å². The molecule has 0 saturated carbocycles. The van der Waals surface area contributed by atoms with Gasteiger partial charge in [0.05, 0.1) is 40.2 Å². The molecule has 1 heterocycles. The molecule has 0 fully saturated rings. The van der Waals surface area contributed by atoms with Crippen molar-refractivity contribution in [3.05, 3.63) is 30.3 Å². The summed E-state index contributed by atoms with van der Waals surface area (Å²) >= 11 is 0. The maximum Gasteiger partial charge on any atom is 0.305 e. The molecular formula is C15H21N2O5S+. The maximum absolute atomic E-state index is 12.5. The van der Waals surface area contributed by atoms with Gasteiger partial charge in [-0.2, -0.15) is 4.72 Å². The zero-order valence-corrected chi connectivity index (χ0v) is 14.1. The molecule has 2 aromatic rings. The predicted octanol–water partition coefficient (Wildman–Crippen LogP) is 1.26. The normalized spacial score (nSPS) is 14.0. The number of carbonyl (C=O) groups is 1. The number of fused-ring (bicyclic) bond motifs is 1. The molecular weight excluding hydrogens is 320 g/mol. The van der Waals surface area contributed by atoms with Crippen LogP contribution in [-0.2, 0) is 14.8 Å². The highest BCUT2D eigenvalue weighted by molar-refractivity contribution is 7.89. The van der Waals surface area contributed by atoms with Gasteiger partial charge in [0, 0.05) is 11.5 Å². The first-order chi connectivity index (χ1) is 10.6. The number of para-hydroxylation sites is 1. The van der Waals surface area contributed by atoms with Gasteiger partial charge in [0.25, 0.3) is 10.0 Å². The lowest BCUT2D eigenvalue weighted by molar-refractivity contribution is -0.871. The number of rotatable bonds is 7. The van der Waals surface area contributed by atoms with Crippen LogP contribution >= 0.6 is 0 Å². The largest absolute Gasteiger partial charge is 0.481 e. The van der Waals surface area contributed by atoms with Gasteiger partial charge in [0.2, 0.25) is 5.09 Å². The molecule has 1 atom stereocenters. The highest BCUT2D eigenvalue weighted by atomic mass is 32.2. The zero-order valence-electron chi connectivity index (χ0n) is 13.3. The molecule has 0 aliphatic heterocycles. The summed E-state index contributed by atoms with van der Waals surface area (Å²) in [5.41, 5.74) is 0.467. The minimum atomic E-state index is -3.93. The number of carboxylic acids is 1. The van der Waals surface area contributed by atoms with Gasteiger partial charge in [0.1, 0.15) is 5.58 Å². The number of nitrogens with one attached hydrogen (secondary N) is 1. The van der Waals surface area contributed by atoms with Crippen molar-refractivity contribution in [1.82, 2.24) is 4.72 Å². The van der Waals surface area contributed by atoms with Gasteiger partial charge < -0.3 is 14.0 Å². The Balaban J connectivity index is 2.27. The van der Waals surface area contributed by atoms with Gasteiger partial charge >= 0.3 is 5.97 Å². The molecule has 0 spiro atoms. The molecule has 1 aromatic heterocycles. The molecule has 1 aromatic carbocycles. The van der Waals surface area contributed by atoms with E-state index < -0.39 is 22.0 Å². The maximum atomic E-state index is 12.5. The molecule has 126 valence electrons. The topological polar surface area (TPSA) is 96.6 Å². The van der Waals surface area contributed by atoms with Gasteiger partial charge in [-0.15, -0.1) is 0 Å². The Kier molecular flexibility index (Phi) is 4.79. The first kappa shape index (κ1) is 17.5. The fourth-order valence-electron chi connectivity index (χ4n) is 2.38. The second-order valence-electron chi connectivity index (χ2n) is 6.49. The molecule has 0 amide bonds. The van der Waals surface area contributed by atoms with E-state index in [9.17, 15) is 13.2 Å². The number of aliphatic carboxylic acids is 1. The lowest BCUT2D eigenvalue weighted by atomic mass is 10.2. The quantitative estimate of drug-likeness (QED) is 0.739. The Labute approximate surface area is 135 Å². The van der Waals surface area contributed by atoms with Crippen molar-refractivity contribution < 1.29 is 27.2 Å². The van der Waals surface area contributed by atoms with Crippen LogP contribution in [0.25, 0.3) is 11.0 Å². The lowest BCUT2D eigenvalue weighted by Crippen LogP contribution is -2.49. The fraction of sp³-hybridized carbons (Fsp3) is 0.400. The van der Waals surface area contributed by atoms with E-state index in [0.29, 0.717) is 22.0 Å². The van der Waals surface area contributed by atoms with Crippen LogP contribution in [0.2, 0.25) is 0 Å². The Morgan fingerprint density at radius 2 is 1.96 bits per heavy atom. The average Bonchev–Trinajstić information content (AvgIpc) is 2.79. The molecule has 23 heavy (non-hydrogen) atoms. The Hall–Kier alpha value is -1.90. The molecule has 2 rings (SSSR count). The van der Waals surface area contributed by atoms with Crippen LogP contribution in [0.15, 0.2) is 39.8 Å². The predicted molar refractivity (Wildman–Crippen MR) is 85.5 cm³/mol. The van der Waals surface area contributed by atoms with Gasteiger partial charge in [-0.1, -0.05) is 18.2 Å². The third kappa shape index (κ3) is 4.78. The van der Waals surface area contributed by atoms with E-state index in [4.69, 9.17) is 9.52 Å². The van der Waals surface area contributed by atoms with E-state index in [1.807, 2.05) is 21.1 Å². The summed E-state index contributed by atoms with van der Waals surface area (Å²) in [7, 11) is 1.67. The fourth-order valence-corrected chi connectivity index (χ4v) is 3.58. The highest BCUT2D eigenvalue weighted by Gasteiger charge is 2.28. The van der Waals surface area contributed by atoms with E-state index in [0.717, 1.165) is 0 Å². The summed E-state index contributed by atoms with van der Waals surface area (Å²) < 4.78 is 33.2. The minimum Gasteiger partial charge on any atom is -0.481 e. The molecule has 0 aliphatic rings. The third-order valence-corrected chi connectivity index (χ3v) is 4.55. The summed E-state index contributed by atoms with van der Waals surface area (Å²) in [6.45, 7) is 0.339. The number of hydrogen-bond acceptors (Lipinski definition) is 4.